The predicted molar refractivity (Wildman–Crippen MR) is 90.8 cm³/mol. The third-order valence-corrected chi connectivity index (χ3v) is 3.20. The van der Waals surface area contributed by atoms with Gasteiger partial charge in [0.15, 0.2) is 0 Å². The van der Waals surface area contributed by atoms with Crippen LogP contribution in [-0.4, -0.2) is 22.8 Å². The number of hydrogen-bond donors (Lipinski definition) is 1. The van der Waals surface area contributed by atoms with E-state index in [1.165, 1.54) is 10.9 Å². The molecule has 2 rings (SSSR count). The van der Waals surface area contributed by atoms with Crippen LogP contribution >= 0.6 is 0 Å². The SMILES string of the molecule is Cn1ccc2cc(C=CCCNC(=O)OC(C)(C)C)ccc21. The zero-order valence-electron chi connectivity index (χ0n) is 13.7. The average Bonchev–Trinajstić information content (AvgIpc) is 2.77. The molecule has 1 N–H and O–H groups in total. The minimum absolute atomic E-state index is 0.369. The van der Waals surface area contributed by atoms with Gasteiger partial charge in [-0.05, 0) is 51.0 Å². The molecule has 1 amide bonds. The Morgan fingerprint density at radius 3 is 2.82 bits per heavy atom. The quantitative estimate of drug-likeness (QED) is 0.864. The summed E-state index contributed by atoms with van der Waals surface area (Å²) in [5.41, 5.74) is 1.94. The van der Waals surface area contributed by atoms with Crippen molar-refractivity contribution >= 4 is 23.1 Å². The Hall–Kier alpha value is -2.23. The van der Waals surface area contributed by atoms with Gasteiger partial charge in [0.05, 0.1) is 0 Å². The van der Waals surface area contributed by atoms with Crippen LogP contribution in [0.2, 0.25) is 0 Å². The van der Waals surface area contributed by atoms with Crippen molar-refractivity contribution in [3.8, 4) is 0 Å². The third kappa shape index (κ3) is 4.65. The summed E-state index contributed by atoms with van der Waals surface area (Å²) in [6, 6.07) is 8.48. The first-order chi connectivity index (χ1) is 10.3. The lowest BCUT2D eigenvalue weighted by Gasteiger charge is -2.19. The Bertz CT molecular complexity index is 678. The van der Waals surface area contributed by atoms with Crippen molar-refractivity contribution < 1.29 is 9.53 Å². The number of ether oxygens (including phenoxy) is 1. The van der Waals surface area contributed by atoms with Gasteiger partial charge in [0.2, 0.25) is 0 Å². The molecule has 118 valence electrons. The molecule has 2 aromatic rings. The van der Waals surface area contributed by atoms with Crippen LogP contribution in [0, 0.1) is 0 Å². The highest BCUT2D eigenvalue weighted by Gasteiger charge is 2.15. The number of aromatic nitrogens is 1. The number of carbonyl (C=O) groups is 1. The van der Waals surface area contributed by atoms with E-state index < -0.39 is 5.60 Å². The fourth-order valence-corrected chi connectivity index (χ4v) is 2.19. The summed E-state index contributed by atoms with van der Waals surface area (Å²) in [7, 11) is 2.04. The molecule has 0 saturated carbocycles. The minimum Gasteiger partial charge on any atom is -0.444 e. The van der Waals surface area contributed by atoms with Crippen molar-refractivity contribution in [2.75, 3.05) is 6.54 Å². The molecule has 1 heterocycles. The highest BCUT2D eigenvalue weighted by Crippen LogP contribution is 2.17. The van der Waals surface area contributed by atoms with Crippen molar-refractivity contribution in [2.45, 2.75) is 32.8 Å². The molecule has 1 aromatic carbocycles. The van der Waals surface area contributed by atoms with E-state index in [4.69, 9.17) is 4.74 Å². The van der Waals surface area contributed by atoms with Gasteiger partial charge in [-0.1, -0.05) is 18.2 Å². The van der Waals surface area contributed by atoms with E-state index in [1.807, 2.05) is 27.8 Å². The zero-order valence-corrected chi connectivity index (χ0v) is 13.7. The molecule has 0 saturated heterocycles. The van der Waals surface area contributed by atoms with Crippen LogP contribution in [0.5, 0.6) is 0 Å². The Morgan fingerprint density at radius 1 is 1.32 bits per heavy atom. The van der Waals surface area contributed by atoms with E-state index >= 15 is 0 Å². The standard InChI is InChI=1S/C18H24N2O2/c1-18(2,3)22-17(21)19-11-6-5-7-14-8-9-16-15(13-14)10-12-20(16)4/h5,7-10,12-13H,6,11H2,1-4H3,(H,19,21). The van der Waals surface area contributed by atoms with Crippen molar-refractivity contribution in [1.29, 1.82) is 0 Å². The maximum atomic E-state index is 11.5. The number of nitrogens with one attached hydrogen (secondary N) is 1. The second-order valence-corrected chi connectivity index (χ2v) is 6.36. The van der Waals surface area contributed by atoms with Crippen LogP contribution in [0.3, 0.4) is 0 Å². The maximum absolute atomic E-state index is 11.5. The van der Waals surface area contributed by atoms with E-state index in [9.17, 15) is 4.79 Å². The Balaban J connectivity index is 1.80. The van der Waals surface area contributed by atoms with Gasteiger partial charge in [-0.25, -0.2) is 4.79 Å². The number of fused-ring (bicyclic) bond motifs is 1. The number of aryl methyl sites for hydroxylation is 1. The fourth-order valence-electron chi connectivity index (χ4n) is 2.19. The van der Waals surface area contributed by atoms with E-state index in [-0.39, 0.29) is 6.09 Å². The molecule has 0 atom stereocenters. The Morgan fingerprint density at radius 2 is 2.09 bits per heavy atom. The highest BCUT2D eigenvalue weighted by molar-refractivity contribution is 5.82. The maximum Gasteiger partial charge on any atom is 0.407 e. The van der Waals surface area contributed by atoms with Crippen LogP contribution < -0.4 is 5.32 Å². The van der Waals surface area contributed by atoms with Gasteiger partial charge in [0.1, 0.15) is 5.60 Å². The molecule has 0 fully saturated rings. The number of nitrogens with zero attached hydrogens (tertiary/aromatic N) is 1. The van der Waals surface area contributed by atoms with E-state index in [2.05, 4.69) is 52.5 Å². The zero-order chi connectivity index (χ0) is 16.2. The fraction of sp³-hybridized carbons (Fsp3) is 0.389. The Kier molecular flexibility index (Phi) is 4.91. The molecule has 4 heteroatoms. The molecule has 0 bridgehead atoms. The van der Waals surface area contributed by atoms with E-state index in [0.717, 1.165) is 12.0 Å². The van der Waals surface area contributed by atoms with Crippen LogP contribution in [0.4, 0.5) is 4.79 Å². The molecular weight excluding hydrogens is 276 g/mol. The van der Waals surface area contributed by atoms with Crippen LogP contribution in [0.1, 0.15) is 32.8 Å². The lowest BCUT2D eigenvalue weighted by molar-refractivity contribution is 0.0529. The van der Waals surface area contributed by atoms with Gasteiger partial charge in [0.25, 0.3) is 0 Å². The first-order valence-electron chi connectivity index (χ1n) is 7.54. The predicted octanol–water partition coefficient (Wildman–Crippen LogP) is 4.11. The number of benzene rings is 1. The second-order valence-electron chi connectivity index (χ2n) is 6.36. The summed E-state index contributed by atoms with van der Waals surface area (Å²) in [4.78, 5) is 11.5. The van der Waals surface area contributed by atoms with Gasteiger partial charge in [-0.15, -0.1) is 0 Å². The number of hydrogen-bond acceptors (Lipinski definition) is 2. The van der Waals surface area contributed by atoms with Gasteiger partial charge in [0, 0.05) is 30.7 Å². The first kappa shape index (κ1) is 16.1. The summed E-state index contributed by atoms with van der Waals surface area (Å²) in [6.07, 6.45) is 6.59. The lowest BCUT2D eigenvalue weighted by Crippen LogP contribution is -2.32. The number of rotatable bonds is 4. The molecule has 22 heavy (non-hydrogen) atoms. The molecule has 0 aliphatic carbocycles. The number of carbonyl (C=O) groups excluding carboxylic acids is 1. The first-order valence-corrected chi connectivity index (χ1v) is 7.54. The summed E-state index contributed by atoms with van der Waals surface area (Å²) < 4.78 is 7.28. The van der Waals surface area contributed by atoms with Gasteiger partial charge in [-0.3, -0.25) is 0 Å². The monoisotopic (exact) mass is 300 g/mol. The summed E-state index contributed by atoms with van der Waals surface area (Å²) >= 11 is 0. The molecule has 0 radical (unpaired) electrons. The van der Waals surface area contributed by atoms with Crippen LogP contribution in [0.15, 0.2) is 36.5 Å². The largest absolute Gasteiger partial charge is 0.444 e. The molecule has 0 aliphatic rings. The number of amides is 1. The van der Waals surface area contributed by atoms with E-state index in [0.29, 0.717) is 6.54 Å². The summed E-state index contributed by atoms with van der Waals surface area (Å²) in [5, 5.41) is 3.98. The van der Waals surface area contributed by atoms with E-state index in [1.54, 1.807) is 0 Å². The van der Waals surface area contributed by atoms with Crippen molar-refractivity contribution in [2.24, 2.45) is 7.05 Å². The summed E-state index contributed by atoms with van der Waals surface area (Å²) in [6.45, 7) is 6.13. The van der Waals surface area contributed by atoms with Crippen molar-refractivity contribution in [3.63, 3.8) is 0 Å². The molecule has 4 nitrogen and oxygen atoms in total. The third-order valence-electron chi connectivity index (χ3n) is 3.20. The normalized spacial score (nSPS) is 12.0. The average molecular weight is 300 g/mol. The highest BCUT2D eigenvalue weighted by atomic mass is 16.6. The van der Waals surface area contributed by atoms with Crippen LogP contribution in [0.25, 0.3) is 17.0 Å². The van der Waals surface area contributed by atoms with Gasteiger partial charge in [-0.2, -0.15) is 0 Å². The molecular formula is C18H24N2O2. The van der Waals surface area contributed by atoms with Gasteiger partial charge >= 0.3 is 6.09 Å². The lowest BCUT2D eigenvalue weighted by atomic mass is 10.1. The second kappa shape index (κ2) is 6.69. The van der Waals surface area contributed by atoms with Crippen molar-refractivity contribution in [3.05, 3.63) is 42.1 Å². The molecule has 0 spiro atoms. The molecule has 0 aliphatic heterocycles. The molecule has 0 unspecified atom stereocenters. The Labute approximate surface area is 131 Å². The molecule has 1 aromatic heterocycles. The topological polar surface area (TPSA) is 43.3 Å². The number of alkyl carbamates (subject to hydrolysis) is 1. The summed E-state index contributed by atoms with van der Waals surface area (Å²) in [5.74, 6) is 0. The van der Waals surface area contributed by atoms with Crippen molar-refractivity contribution in [1.82, 2.24) is 9.88 Å². The minimum atomic E-state index is -0.453. The van der Waals surface area contributed by atoms with Crippen LogP contribution in [-0.2, 0) is 11.8 Å². The smallest absolute Gasteiger partial charge is 0.407 e. The van der Waals surface area contributed by atoms with Gasteiger partial charge < -0.3 is 14.6 Å².